The fraction of sp³-hybridized carbons (Fsp3) is 0.0500. The first-order chi connectivity index (χ1) is 13.8. The molecule has 2 aromatic carbocycles. The zero-order valence-electron chi connectivity index (χ0n) is 14.6. The highest BCUT2D eigenvalue weighted by atomic mass is 19.4. The van der Waals surface area contributed by atoms with E-state index in [9.17, 15) is 22.4 Å². The van der Waals surface area contributed by atoms with Gasteiger partial charge in [-0.15, -0.1) is 0 Å². The zero-order valence-corrected chi connectivity index (χ0v) is 14.6. The van der Waals surface area contributed by atoms with E-state index in [0.29, 0.717) is 17.4 Å². The molecule has 5 nitrogen and oxygen atoms in total. The maximum atomic E-state index is 13.6. The number of amides is 1. The molecule has 0 aliphatic carbocycles. The molecule has 0 bridgehead atoms. The van der Waals surface area contributed by atoms with Crippen molar-refractivity contribution in [1.29, 1.82) is 0 Å². The van der Waals surface area contributed by atoms with Gasteiger partial charge in [0, 0.05) is 11.8 Å². The van der Waals surface area contributed by atoms with E-state index in [1.807, 2.05) is 0 Å². The molecule has 0 aliphatic rings. The van der Waals surface area contributed by atoms with Gasteiger partial charge in [0.05, 0.1) is 16.6 Å². The maximum absolute atomic E-state index is 13.6. The smallest absolute Gasteiger partial charge is 0.338 e. The fourth-order valence-corrected chi connectivity index (χ4v) is 2.92. The van der Waals surface area contributed by atoms with E-state index >= 15 is 0 Å². The molecule has 0 spiro atoms. The summed E-state index contributed by atoms with van der Waals surface area (Å²) < 4.78 is 53.7. The second-order valence-electron chi connectivity index (χ2n) is 6.14. The molecule has 0 saturated carbocycles. The third-order valence-electron chi connectivity index (χ3n) is 4.21. The van der Waals surface area contributed by atoms with Crippen molar-refractivity contribution < 1.29 is 22.4 Å². The minimum absolute atomic E-state index is 0.139. The Hall–Kier alpha value is -3.75. The lowest BCUT2D eigenvalue weighted by atomic mass is 10.1. The topological polar surface area (TPSA) is 70.7 Å². The summed E-state index contributed by atoms with van der Waals surface area (Å²) in [6.07, 6.45) is -3.19. The third kappa shape index (κ3) is 3.66. The third-order valence-corrected chi connectivity index (χ3v) is 4.21. The summed E-state index contributed by atoms with van der Waals surface area (Å²) in [5, 5.41) is 2.60. The molecular formula is C20H12F4N4O. The normalized spacial score (nSPS) is 11.6. The first-order valence-electron chi connectivity index (χ1n) is 8.41. The molecule has 0 radical (unpaired) electrons. The van der Waals surface area contributed by atoms with E-state index in [2.05, 4.69) is 20.3 Å². The van der Waals surface area contributed by atoms with Crippen molar-refractivity contribution in [3.8, 4) is 11.4 Å². The number of nitrogens with zero attached hydrogens (tertiary/aromatic N) is 2. The van der Waals surface area contributed by atoms with Crippen molar-refractivity contribution in [3.05, 3.63) is 77.7 Å². The van der Waals surface area contributed by atoms with Crippen LogP contribution in [0.15, 0.2) is 60.8 Å². The minimum atomic E-state index is -4.69. The Kier molecular flexibility index (Phi) is 4.50. The second kappa shape index (κ2) is 7.01. The number of pyridine rings is 1. The van der Waals surface area contributed by atoms with Gasteiger partial charge in [-0.05, 0) is 42.5 Å². The van der Waals surface area contributed by atoms with Crippen molar-refractivity contribution in [1.82, 2.24) is 15.0 Å². The maximum Gasteiger partial charge on any atom is 0.417 e. The molecule has 0 atom stereocenters. The van der Waals surface area contributed by atoms with E-state index in [0.717, 1.165) is 12.1 Å². The van der Waals surface area contributed by atoms with Crippen molar-refractivity contribution >= 4 is 22.8 Å². The number of hydrogen-bond donors (Lipinski definition) is 2. The van der Waals surface area contributed by atoms with Crippen LogP contribution in [0.2, 0.25) is 0 Å². The van der Waals surface area contributed by atoms with Gasteiger partial charge in [-0.25, -0.2) is 14.4 Å². The monoisotopic (exact) mass is 400 g/mol. The quantitative estimate of drug-likeness (QED) is 0.474. The highest BCUT2D eigenvalue weighted by molar-refractivity contribution is 6.11. The zero-order chi connectivity index (χ0) is 20.6. The molecule has 29 heavy (non-hydrogen) atoms. The molecule has 9 heteroatoms. The van der Waals surface area contributed by atoms with Gasteiger partial charge >= 0.3 is 6.18 Å². The number of carbonyl (C=O) groups excluding carboxylic acids is 1. The number of alkyl halides is 3. The van der Waals surface area contributed by atoms with Crippen molar-refractivity contribution in [2.45, 2.75) is 6.18 Å². The summed E-state index contributed by atoms with van der Waals surface area (Å²) in [5.41, 5.74) is -0.831. The number of rotatable bonds is 3. The first kappa shape index (κ1) is 18.6. The van der Waals surface area contributed by atoms with Crippen LogP contribution in [0.25, 0.3) is 22.4 Å². The Morgan fingerprint density at radius 2 is 1.86 bits per heavy atom. The Bertz CT molecular complexity index is 1200. The number of benzene rings is 2. The van der Waals surface area contributed by atoms with Crippen LogP contribution in [0.5, 0.6) is 0 Å². The molecule has 2 aromatic heterocycles. The van der Waals surface area contributed by atoms with Crippen molar-refractivity contribution in [2.24, 2.45) is 0 Å². The van der Waals surface area contributed by atoms with Gasteiger partial charge in [0.2, 0.25) is 0 Å². The number of nitrogens with one attached hydrogen (secondary N) is 2. The predicted octanol–water partition coefficient (Wildman–Crippen LogP) is 5.04. The van der Waals surface area contributed by atoms with E-state index in [-0.39, 0.29) is 16.9 Å². The molecule has 0 unspecified atom stereocenters. The van der Waals surface area contributed by atoms with E-state index in [1.54, 1.807) is 30.3 Å². The first-order valence-corrected chi connectivity index (χ1v) is 8.41. The summed E-state index contributed by atoms with van der Waals surface area (Å²) in [6, 6.07) is 11.7. The molecule has 2 N–H and O–H groups in total. The molecule has 4 aromatic rings. The highest BCUT2D eigenvalue weighted by Gasteiger charge is 2.34. The fourth-order valence-electron chi connectivity index (χ4n) is 2.92. The number of para-hydroxylation sites is 1. The number of hydrogen-bond acceptors (Lipinski definition) is 3. The number of carbonyl (C=O) groups is 1. The summed E-state index contributed by atoms with van der Waals surface area (Å²) >= 11 is 0. The number of aromatic nitrogens is 3. The number of aromatic amines is 1. The number of H-pyrrole nitrogens is 1. The van der Waals surface area contributed by atoms with Gasteiger partial charge < -0.3 is 10.3 Å². The Balaban J connectivity index is 1.80. The van der Waals surface area contributed by atoms with Crippen LogP contribution in [-0.4, -0.2) is 20.9 Å². The lowest BCUT2D eigenvalue weighted by molar-refractivity contribution is -0.137. The van der Waals surface area contributed by atoms with Crippen LogP contribution in [0, 0.1) is 5.82 Å². The van der Waals surface area contributed by atoms with Gasteiger partial charge in [-0.2, -0.15) is 13.2 Å². The van der Waals surface area contributed by atoms with Gasteiger partial charge in [-0.3, -0.25) is 4.79 Å². The van der Waals surface area contributed by atoms with Crippen LogP contribution in [0.4, 0.5) is 23.4 Å². The van der Waals surface area contributed by atoms with E-state index in [1.165, 1.54) is 12.3 Å². The standard InChI is InChI=1S/C20H12F4N4O/c21-11-7-8-14(20(22,23)24)13(10-11)18-26-15-5-3-4-12(17(15)28-18)19(29)27-16-6-1-2-9-25-16/h1-10H,(H,26,28)(H,25,27,29). The molecule has 0 saturated heterocycles. The molecule has 146 valence electrons. The van der Waals surface area contributed by atoms with Gasteiger partial charge in [0.15, 0.2) is 0 Å². The molecule has 0 fully saturated rings. The lowest BCUT2D eigenvalue weighted by Crippen LogP contribution is -2.13. The van der Waals surface area contributed by atoms with Crippen molar-refractivity contribution in [3.63, 3.8) is 0 Å². The predicted molar refractivity (Wildman–Crippen MR) is 98.7 cm³/mol. The number of imidazole rings is 1. The molecule has 1 amide bonds. The Labute approximate surface area is 161 Å². The van der Waals surface area contributed by atoms with Gasteiger partial charge in [-0.1, -0.05) is 12.1 Å². The Morgan fingerprint density at radius 1 is 1.03 bits per heavy atom. The second-order valence-corrected chi connectivity index (χ2v) is 6.14. The SMILES string of the molecule is O=C(Nc1ccccn1)c1cccc2[nH]c(-c3cc(F)ccc3C(F)(F)F)nc12. The van der Waals surface area contributed by atoms with E-state index < -0.39 is 29.0 Å². The van der Waals surface area contributed by atoms with Crippen LogP contribution >= 0.6 is 0 Å². The number of fused-ring (bicyclic) bond motifs is 1. The summed E-state index contributed by atoms with van der Waals surface area (Å²) in [5.74, 6) is -1.23. The van der Waals surface area contributed by atoms with E-state index in [4.69, 9.17) is 0 Å². The van der Waals surface area contributed by atoms with Crippen LogP contribution in [0.3, 0.4) is 0 Å². The molecular weight excluding hydrogens is 388 g/mol. The summed E-state index contributed by atoms with van der Waals surface area (Å²) in [6.45, 7) is 0. The lowest BCUT2D eigenvalue weighted by Gasteiger charge is -2.11. The van der Waals surface area contributed by atoms with Crippen LogP contribution in [0.1, 0.15) is 15.9 Å². The van der Waals surface area contributed by atoms with Gasteiger partial charge in [0.25, 0.3) is 5.91 Å². The Morgan fingerprint density at radius 3 is 2.59 bits per heavy atom. The van der Waals surface area contributed by atoms with Gasteiger partial charge in [0.1, 0.15) is 23.0 Å². The highest BCUT2D eigenvalue weighted by Crippen LogP contribution is 2.37. The van der Waals surface area contributed by atoms with Crippen molar-refractivity contribution in [2.75, 3.05) is 5.32 Å². The van der Waals surface area contributed by atoms with Crippen LogP contribution < -0.4 is 5.32 Å². The molecule has 0 aliphatic heterocycles. The average molecular weight is 400 g/mol. The minimum Gasteiger partial charge on any atom is -0.338 e. The summed E-state index contributed by atoms with van der Waals surface area (Å²) in [7, 11) is 0. The largest absolute Gasteiger partial charge is 0.417 e. The number of anilines is 1. The number of halogens is 4. The molecule has 2 heterocycles. The average Bonchev–Trinajstić information content (AvgIpc) is 3.12. The van der Waals surface area contributed by atoms with Crippen LogP contribution in [-0.2, 0) is 6.18 Å². The molecule has 4 rings (SSSR count). The summed E-state index contributed by atoms with van der Waals surface area (Å²) in [4.78, 5) is 23.5.